The molecule has 2 rings (SSSR count). The molecule has 0 saturated heterocycles. The Morgan fingerprint density at radius 2 is 1.95 bits per heavy atom. The number of hydrogen-bond donors (Lipinski definition) is 2. The van der Waals surface area contributed by atoms with Gasteiger partial charge in [0.2, 0.25) is 0 Å². The second-order valence-electron chi connectivity index (χ2n) is 5.36. The Morgan fingerprint density at radius 3 is 2.45 bits per heavy atom. The van der Waals surface area contributed by atoms with E-state index in [1.807, 2.05) is 6.92 Å². The van der Waals surface area contributed by atoms with Crippen molar-refractivity contribution in [2.24, 2.45) is 0 Å². The summed E-state index contributed by atoms with van der Waals surface area (Å²) in [4.78, 5) is 12.0. The average molecular weight is 343 g/mol. The molecule has 4 nitrogen and oxygen atoms in total. The van der Waals surface area contributed by atoms with Gasteiger partial charge in [0.15, 0.2) is 11.5 Å². The lowest BCUT2D eigenvalue weighted by atomic mass is 9.68. The number of rotatable bonds is 3. The van der Waals surface area contributed by atoms with Crippen molar-refractivity contribution in [1.29, 1.82) is 0 Å². The molecular formula is C15H19BrO4. The smallest absolute Gasteiger partial charge is 0.314 e. The molecule has 0 atom stereocenters. The number of halogens is 1. The summed E-state index contributed by atoms with van der Waals surface area (Å²) in [6, 6.07) is 1.55. The average Bonchev–Trinajstić information content (AvgIpc) is 2.43. The van der Waals surface area contributed by atoms with Crippen LogP contribution in [0.3, 0.4) is 0 Å². The number of benzene rings is 1. The minimum Gasteiger partial charge on any atom is -0.504 e. The van der Waals surface area contributed by atoms with Crippen molar-refractivity contribution in [3.05, 3.63) is 21.7 Å². The fourth-order valence-corrected chi connectivity index (χ4v) is 3.64. The number of hydrogen-bond acceptors (Lipinski definition) is 3. The molecule has 0 unspecified atom stereocenters. The maximum atomic E-state index is 12.0. The Bertz CT molecular complexity index is 533. The van der Waals surface area contributed by atoms with Crippen LogP contribution in [0, 0.1) is 6.92 Å². The molecule has 1 aliphatic carbocycles. The molecule has 1 fully saturated rings. The maximum absolute atomic E-state index is 12.0. The van der Waals surface area contributed by atoms with Crippen LogP contribution in [0.25, 0.3) is 0 Å². The molecule has 1 saturated carbocycles. The van der Waals surface area contributed by atoms with E-state index in [2.05, 4.69) is 15.9 Å². The number of carbonyl (C=O) groups is 1. The van der Waals surface area contributed by atoms with E-state index in [9.17, 15) is 15.0 Å². The third kappa shape index (κ3) is 2.28. The Morgan fingerprint density at radius 1 is 1.35 bits per heavy atom. The van der Waals surface area contributed by atoms with Crippen LogP contribution in [0.5, 0.6) is 11.5 Å². The van der Waals surface area contributed by atoms with Gasteiger partial charge in [-0.3, -0.25) is 4.79 Å². The lowest BCUT2D eigenvalue weighted by Crippen LogP contribution is -2.39. The van der Waals surface area contributed by atoms with Crippen molar-refractivity contribution in [2.45, 2.75) is 44.4 Å². The molecule has 0 spiro atoms. The predicted octanol–water partition coefficient (Wildman–Crippen LogP) is 3.76. The zero-order valence-corrected chi connectivity index (χ0v) is 13.3. The van der Waals surface area contributed by atoms with Crippen LogP contribution in [-0.4, -0.2) is 23.3 Å². The molecule has 1 aliphatic rings. The van der Waals surface area contributed by atoms with E-state index >= 15 is 0 Å². The third-order valence-corrected chi connectivity index (χ3v) is 5.08. The molecule has 0 aromatic heterocycles. The van der Waals surface area contributed by atoms with Crippen molar-refractivity contribution in [3.63, 3.8) is 0 Å². The van der Waals surface area contributed by atoms with Gasteiger partial charge >= 0.3 is 5.97 Å². The number of ether oxygens (including phenoxy) is 1. The highest BCUT2D eigenvalue weighted by Gasteiger charge is 2.45. The minimum atomic E-state index is -0.963. The predicted molar refractivity (Wildman–Crippen MR) is 79.5 cm³/mol. The molecule has 0 radical (unpaired) electrons. The molecule has 0 bridgehead atoms. The molecule has 0 heterocycles. The molecule has 0 aliphatic heterocycles. The zero-order chi connectivity index (χ0) is 14.9. The van der Waals surface area contributed by atoms with Crippen molar-refractivity contribution in [2.75, 3.05) is 7.11 Å². The Labute approximate surface area is 126 Å². The van der Waals surface area contributed by atoms with Crippen LogP contribution in [-0.2, 0) is 10.2 Å². The number of carboxylic acids is 1. The largest absolute Gasteiger partial charge is 0.504 e. The van der Waals surface area contributed by atoms with Crippen molar-refractivity contribution in [1.82, 2.24) is 0 Å². The summed E-state index contributed by atoms with van der Waals surface area (Å²) in [5.74, 6) is -0.572. The Balaban J connectivity index is 2.73. The Hall–Kier alpha value is -1.23. The highest BCUT2D eigenvalue weighted by Crippen LogP contribution is 2.49. The SMILES string of the molecule is COc1c(O)cc(Br)c(C)c1C1(C(=O)O)CCCCC1. The van der Waals surface area contributed by atoms with Crippen LogP contribution in [0.15, 0.2) is 10.5 Å². The van der Waals surface area contributed by atoms with Crippen LogP contribution < -0.4 is 4.74 Å². The van der Waals surface area contributed by atoms with Gasteiger partial charge in [0, 0.05) is 10.0 Å². The molecule has 5 heteroatoms. The van der Waals surface area contributed by atoms with E-state index in [1.54, 1.807) is 6.07 Å². The number of carboxylic acid groups (broad SMARTS) is 1. The summed E-state index contributed by atoms with van der Waals surface area (Å²) in [5.41, 5.74) is 0.470. The van der Waals surface area contributed by atoms with Gasteiger partial charge in [-0.15, -0.1) is 0 Å². The summed E-state index contributed by atoms with van der Waals surface area (Å²) in [5, 5.41) is 19.9. The number of aliphatic carboxylic acids is 1. The van der Waals surface area contributed by atoms with E-state index < -0.39 is 11.4 Å². The molecule has 1 aromatic carbocycles. The first-order chi connectivity index (χ1) is 9.44. The van der Waals surface area contributed by atoms with Gasteiger partial charge in [0.1, 0.15) is 0 Å². The first-order valence-corrected chi connectivity index (χ1v) is 7.53. The van der Waals surface area contributed by atoms with E-state index in [4.69, 9.17) is 4.74 Å². The van der Waals surface area contributed by atoms with Crippen molar-refractivity contribution >= 4 is 21.9 Å². The number of aromatic hydroxyl groups is 1. The second-order valence-corrected chi connectivity index (χ2v) is 6.21. The molecule has 110 valence electrons. The van der Waals surface area contributed by atoms with Gasteiger partial charge in [-0.2, -0.15) is 0 Å². The summed E-state index contributed by atoms with van der Waals surface area (Å²) in [6.07, 6.45) is 3.96. The molecule has 1 aromatic rings. The number of phenolic OH excluding ortho intramolecular Hbond substituents is 1. The quantitative estimate of drug-likeness (QED) is 0.877. The highest BCUT2D eigenvalue weighted by atomic mass is 79.9. The van der Waals surface area contributed by atoms with Crippen LogP contribution in [0.2, 0.25) is 0 Å². The minimum absolute atomic E-state index is 0.0221. The lowest BCUT2D eigenvalue weighted by molar-refractivity contribution is -0.145. The number of methoxy groups -OCH3 is 1. The van der Waals surface area contributed by atoms with Gasteiger partial charge in [0.05, 0.1) is 12.5 Å². The molecule has 20 heavy (non-hydrogen) atoms. The summed E-state index contributed by atoms with van der Waals surface area (Å²) >= 11 is 3.39. The molecular weight excluding hydrogens is 324 g/mol. The topological polar surface area (TPSA) is 66.8 Å². The van der Waals surface area contributed by atoms with Gasteiger partial charge in [-0.1, -0.05) is 35.2 Å². The van der Waals surface area contributed by atoms with Gasteiger partial charge in [-0.05, 0) is 31.4 Å². The molecule has 0 amide bonds. The zero-order valence-electron chi connectivity index (χ0n) is 11.7. The first-order valence-electron chi connectivity index (χ1n) is 6.74. The highest BCUT2D eigenvalue weighted by molar-refractivity contribution is 9.10. The fraction of sp³-hybridized carbons (Fsp3) is 0.533. The van der Waals surface area contributed by atoms with Gasteiger partial charge in [0.25, 0.3) is 0 Å². The van der Waals surface area contributed by atoms with Gasteiger partial charge < -0.3 is 14.9 Å². The van der Waals surface area contributed by atoms with E-state index in [0.29, 0.717) is 22.9 Å². The summed E-state index contributed by atoms with van der Waals surface area (Å²) in [6.45, 7) is 1.86. The summed E-state index contributed by atoms with van der Waals surface area (Å²) < 4.78 is 6.01. The normalized spacial score (nSPS) is 17.8. The number of phenols is 1. The Kier molecular flexibility index (Phi) is 4.28. The van der Waals surface area contributed by atoms with Gasteiger partial charge in [-0.25, -0.2) is 0 Å². The standard InChI is InChI=1S/C15H19BrO4/c1-9-10(16)8-11(17)13(20-2)12(9)15(14(18)19)6-4-3-5-7-15/h8,17H,3-7H2,1-2H3,(H,18,19). The monoisotopic (exact) mass is 342 g/mol. The fourth-order valence-electron chi connectivity index (χ4n) is 3.22. The maximum Gasteiger partial charge on any atom is 0.314 e. The van der Waals surface area contributed by atoms with Crippen molar-refractivity contribution < 1.29 is 19.7 Å². The van der Waals surface area contributed by atoms with Crippen molar-refractivity contribution in [3.8, 4) is 11.5 Å². The third-order valence-electron chi connectivity index (χ3n) is 4.26. The van der Waals surface area contributed by atoms with Crippen LogP contribution in [0.1, 0.15) is 43.2 Å². The molecule has 2 N–H and O–H groups in total. The lowest BCUT2D eigenvalue weighted by Gasteiger charge is -2.36. The second kappa shape index (κ2) is 5.64. The van der Waals surface area contributed by atoms with Crippen LogP contribution >= 0.6 is 15.9 Å². The first kappa shape index (κ1) is 15.2. The van der Waals surface area contributed by atoms with E-state index in [1.165, 1.54) is 7.11 Å². The summed E-state index contributed by atoms with van der Waals surface area (Å²) in [7, 11) is 1.46. The van der Waals surface area contributed by atoms with Crippen LogP contribution in [0.4, 0.5) is 0 Å². The van der Waals surface area contributed by atoms with E-state index in [0.717, 1.165) is 24.8 Å². The van der Waals surface area contributed by atoms with E-state index in [-0.39, 0.29) is 11.5 Å².